The minimum Gasteiger partial charge on any atom is -0.459 e. The number of hydrogen-bond acceptors (Lipinski definition) is 4. The van der Waals surface area contributed by atoms with Crippen LogP contribution in [0, 0.1) is 17.0 Å². The van der Waals surface area contributed by atoms with E-state index in [4.69, 9.17) is 4.42 Å². The SMILES string of the molecule is Cc1ccc(C(=O)NC(C)c2cc3ccccc3o2)cc1[N+](=O)[O-]. The minimum atomic E-state index is -0.491. The Kier molecular flexibility index (Phi) is 4.04. The molecule has 0 aliphatic heterocycles. The van der Waals surface area contributed by atoms with Crippen molar-refractivity contribution in [3.63, 3.8) is 0 Å². The maximum absolute atomic E-state index is 12.4. The van der Waals surface area contributed by atoms with E-state index in [2.05, 4.69) is 5.32 Å². The lowest BCUT2D eigenvalue weighted by Gasteiger charge is -2.11. The molecule has 0 aliphatic rings. The quantitative estimate of drug-likeness (QED) is 0.577. The number of fused-ring (bicyclic) bond motifs is 1. The number of rotatable bonds is 4. The van der Waals surface area contributed by atoms with E-state index in [9.17, 15) is 14.9 Å². The highest BCUT2D eigenvalue weighted by atomic mass is 16.6. The third-order valence-electron chi connectivity index (χ3n) is 3.89. The van der Waals surface area contributed by atoms with E-state index in [1.807, 2.05) is 30.3 Å². The predicted octanol–water partition coefficient (Wildman–Crippen LogP) is 4.14. The van der Waals surface area contributed by atoms with Crippen molar-refractivity contribution in [2.45, 2.75) is 19.9 Å². The van der Waals surface area contributed by atoms with Gasteiger partial charge in [-0.05, 0) is 32.0 Å². The van der Waals surface area contributed by atoms with Crippen LogP contribution in [0.25, 0.3) is 11.0 Å². The molecule has 1 N–H and O–H groups in total. The van der Waals surface area contributed by atoms with Crippen molar-refractivity contribution >= 4 is 22.6 Å². The van der Waals surface area contributed by atoms with E-state index < -0.39 is 4.92 Å². The van der Waals surface area contributed by atoms with Gasteiger partial charge in [0.1, 0.15) is 11.3 Å². The van der Waals surface area contributed by atoms with Crippen molar-refractivity contribution in [3.05, 3.63) is 75.5 Å². The second-order valence-corrected chi connectivity index (χ2v) is 5.64. The van der Waals surface area contributed by atoms with E-state index in [0.29, 0.717) is 11.3 Å². The van der Waals surface area contributed by atoms with Crippen LogP contribution in [0.5, 0.6) is 0 Å². The molecule has 1 amide bonds. The summed E-state index contributed by atoms with van der Waals surface area (Å²) in [6.45, 7) is 3.44. The summed E-state index contributed by atoms with van der Waals surface area (Å²) in [7, 11) is 0. The van der Waals surface area contributed by atoms with E-state index in [1.54, 1.807) is 26.0 Å². The number of nitro benzene ring substituents is 1. The average molecular weight is 324 g/mol. The zero-order chi connectivity index (χ0) is 17.3. The van der Waals surface area contributed by atoms with Crippen LogP contribution < -0.4 is 5.32 Å². The third-order valence-corrected chi connectivity index (χ3v) is 3.89. The standard InChI is InChI=1S/C18H16N2O4/c1-11-7-8-14(9-15(11)20(22)23)18(21)19-12(2)17-10-13-5-3-4-6-16(13)24-17/h3-10,12H,1-2H3,(H,19,21). The van der Waals surface area contributed by atoms with Gasteiger partial charge in [0.2, 0.25) is 0 Å². The molecule has 1 atom stereocenters. The van der Waals surface area contributed by atoms with Crippen molar-refractivity contribution in [2.24, 2.45) is 0 Å². The van der Waals surface area contributed by atoms with Gasteiger partial charge in [-0.15, -0.1) is 0 Å². The van der Waals surface area contributed by atoms with E-state index >= 15 is 0 Å². The highest BCUT2D eigenvalue weighted by Gasteiger charge is 2.18. The average Bonchev–Trinajstić information content (AvgIpc) is 2.99. The maximum Gasteiger partial charge on any atom is 0.273 e. The van der Waals surface area contributed by atoms with Gasteiger partial charge in [0.15, 0.2) is 0 Å². The second kappa shape index (κ2) is 6.16. The van der Waals surface area contributed by atoms with Crippen LogP contribution in [0.3, 0.4) is 0 Å². The van der Waals surface area contributed by atoms with Crippen molar-refractivity contribution in [1.29, 1.82) is 0 Å². The molecule has 1 unspecified atom stereocenters. The van der Waals surface area contributed by atoms with Gasteiger partial charge in [0, 0.05) is 22.6 Å². The molecule has 1 heterocycles. The lowest BCUT2D eigenvalue weighted by atomic mass is 10.1. The fraction of sp³-hybridized carbons (Fsp3) is 0.167. The maximum atomic E-state index is 12.4. The number of para-hydroxylation sites is 1. The summed E-state index contributed by atoms with van der Waals surface area (Å²) < 4.78 is 5.72. The summed E-state index contributed by atoms with van der Waals surface area (Å²) in [5.41, 5.74) is 1.44. The predicted molar refractivity (Wildman–Crippen MR) is 89.9 cm³/mol. The van der Waals surface area contributed by atoms with Gasteiger partial charge in [0.25, 0.3) is 11.6 Å². The molecule has 2 aromatic carbocycles. The zero-order valence-electron chi connectivity index (χ0n) is 13.3. The van der Waals surface area contributed by atoms with Crippen LogP contribution in [0.2, 0.25) is 0 Å². The molecule has 0 saturated carbocycles. The number of carbonyl (C=O) groups is 1. The summed E-state index contributed by atoms with van der Waals surface area (Å²) in [4.78, 5) is 22.9. The fourth-order valence-corrected chi connectivity index (χ4v) is 2.51. The fourth-order valence-electron chi connectivity index (χ4n) is 2.51. The largest absolute Gasteiger partial charge is 0.459 e. The Morgan fingerprint density at radius 2 is 1.96 bits per heavy atom. The Morgan fingerprint density at radius 3 is 2.67 bits per heavy atom. The Morgan fingerprint density at radius 1 is 1.21 bits per heavy atom. The van der Waals surface area contributed by atoms with Crippen LogP contribution >= 0.6 is 0 Å². The number of hydrogen-bond donors (Lipinski definition) is 1. The van der Waals surface area contributed by atoms with Gasteiger partial charge in [0.05, 0.1) is 11.0 Å². The summed E-state index contributed by atoms with van der Waals surface area (Å²) in [6.07, 6.45) is 0. The first-order valence-corrected chi connectivity index (χ1v) is 7.50. The van der Waals surface area contributed by atoms with Crippen LogP contribution in [-0.2, 0) is 0 Å². The molecule has 0 aliphatic carbocycles. The lowest BCUT2D eigenvalue weighted by molar-refractivity contribution is -0.385. The van der Waals surface area contributed by atoms with Gasteiger partial charge in [-0.1, -0.05) is 24.3 Å². The molecule has 0 radical (unpaired) electrons. The number of amides is 1. The number of nitro groups is 1. The Hall–Kier alpha value is -3.15. The highest BCUT2D eigenvalue weighted by Crippen LogP contribution is 2.24. The molecule has 3 rings (SSSR count). The number of aryl methyl sites for hydroxylation is 1. The number of carbonyl (C=O) groups excluding carboxylic acids is 1. The molecule has 1 aromatic heterocycles. The van der Waals surface area contributed by atoms with Crippen molar-refractivity contribution in [3.8, 4) is 0 Å². The Labute approximate surface area is 138 Å². The molecule has 6 nitrogen and oxygen atoms in total. The van der Waals surface area contributed by atoms with Gasteiger partial charge >= 0.3 is 0 Å². The molecule has 0 saturated heterocycles. The first-order valence-electron chi connectivity index (χ1n) is 7.50. The molecular weight excluding hydrogens is 308 g/mol. The van der Waals surface area contributed by atoms with E-state index in [1.165, 1.54) is 6.07 Å². The molecule has 0 bridgehead atoms. The number of benzene rings is 2. The monoisotopic (exact) mass is 324 g/mol. The molecule has 0 fully saturated rings. The van der Waals surface area contributed by atoms with Gasteiger partial charge in [-0.2, -0.15) is 0 Å². The third kappa shape index (κ3) is 2.99. The molecular formula is C18H16N2O4. The lowest BCUT2D eigenvalue weighted by Crippen LogP contribution is -2.26. The smallest absolute Gasteiger partial charge is 0.273 e. The summed E-state index contributed by atoms with van der Waals surface area (Å²) in [5.74, 6) is 0.247. The van der Waals surface area contributed by atoms with Gasteiger partial charge in [-0.3, -0.25) is 14.9 Å². The van der Waals surface area contributed by atoms with Gasteiger partial charge in [-0.25, -0.2) is 0 Å². The summed E-state index contributed by atoms with van der Waals surface area (Å²) in [6, 6.07) is 13.5. The molecule has 3 aromatic rings. The molecule has 0 spiro atoms. The topological polar surface area (TPSA) is 85.4 Å². The Bertz CT molecular complexity index is 897. The molecule has 24 heavy (non-hydrogen) atoms. The number of nitrogens with zero attached hydrogens (tertiary/aromatic N) is 1. The first-order chi connectivity index (χ1) is 11.5. The van der Waals surface area contributed by atoms with Crippen molar-refractivity contribution < 1.29 is 14.1 Å². The molecule has 6 heteroatoms. The van der Waals surface area contributed by atoms with Crippen LogP contribution in [0.15, 0.2) is 52.9 Å². The number of furan rings is 1. The Balaban J connectivity index is 1.81. The minimum absolute atomic E-state index is 0.0703. The summed E-state index contributed by atoms with van der Waals surface area (Å²) in [5, 5.41) is 14.8. The number of nitrogens with one attached hydrogen (secondary N) is 1. The normalized spacial score (nSPS) is 12.1. The van der Waals surface area contributed by atoms with E-state index in [-0.39, 0.29) is 23.2 Å². The zero-order valence-corrected chi connectivity index (χ0v) is 13.3. The summed E-state index contributed by atoms with van der Waals surface area (Å²) >= 11 is 0. The van der Waals surface area contributed by atoms with Crippen molar-refractivity contribution in [1.82, 2.24) is 5.32 Å². The van der Waals surface area contributed by atoms with Gasteiger partial charge < -0.3 is 9.73 Å². The van der Waals surface area contributed by atoms with E-state index in [0.717, 1.165) is 11.0 Å². The van der Waals surface area contributed by atoms with Crippen LogP contribution in [0.4, 0.5) is 5.69 Å². The molecule has 122 valence electrons. The highest BCUT2D eigenvalue weighted by molar-refractivity contribution is 5.95. The second-order valence-electron chi connectivity index (χ2n) is 5.64. The van der Waals surface area contributed by atoms with Crippen molar-refractivity contribution in [2.75, 3.05) is 0 Å². The van der Waals surface area contributed by atoms with Crippen LogP contribution in [-0.4, -0.2) is 10.8 Å². The van der Waals surface area contributed by atoms with Crippen LogP contribution in [0.1, 0.15) is 34.6 Å². The first kappa shape index (κ1) is 15.7.